The molecule has 2 aromatic rings. The Morgan fingerprint density at radius 1 is 1.18 bits per heavy atom. The van der Waals surface area contributed by atoms with Crippen LogP contribution in [0.2, 0.25) is 10.0 Å². The van der Waals surface area contributed by atoms with E-state index in [1.54, 1.807) is 12.1 Å². The summed E-state index contributed by atoms with van der Waals surface area (Å²) in [5.74, 6) is -0.0378. The van der Waals surface area contributed by atoms with Gasteiger partial charge in [0, 0.05) is 5.02 Å². The molecule has 0 atom stereocenters. The van der Waals surface area contributed by atoms with Crippen LogP contribution in [0.25, 0.3) is 6.08 Å². The fraction of sp³-hybridized carbons (Fsp3) is 0. The van der Waals surface area contributed by atoms with Gasteiger partial charge in [0.05, 0.1) is 9.92 Å². The minimum atomic E-state index is -4.11. The summed E-state index contributed by atoms with van der Waals surface area (Å²) in [5.41, 5.74) is 0.373. The second kappa shape index (κ2) is 6.41. The van der Waals surface area contributed by atoms with E-state index in [-0.39, 0.29) is 20.7 Å². The number of allylic oxidation sites excluding steroid dienone is 1. The maximum absolute atomic E-state index is 12.5. The Balaban J connectivity index is 2.60. The first-order valence-electron chi connectivity index (χ1n) is 5.95. The van der Waals surface area contributed by atoms with Gasteiger partial charge in [-0.05, 0) is 42.0 Å². The third-order valence-corrected chi connectivity index (χ3v) is 5.13. The van der Waals surface area contributed by atoms with Gasteiger partial charge in [-0.2, -0.15) is 5.26 Å². The Kier molecular flexibility index (Phi) is 4.77. The smallest absolute Gasteiger partial charge is 0.218 e. The first-order chi connectivity index (χ1) is 10.3. The van der Waals surface area contributed by atoms with Crippen LogP contribution in [-0.4, -0.2) is 13.5 Å². The Morgan fingerprint density at radius 3 is 2.55 bits per heavy atom. The van der Waals surface area contributed by atoms with Crippen molar-refractivity contribution in [2.75, 3.05) is 0 Å². The highest BCUT2D eigenvalue weighted by molar-refractivity contribution is 7.95. The van der Waals surface area contributed by atoms with Crippen LogP contribution in [0, 0.1) is 11.3 Å². The normalized spacial score (nSPS) is 12.0. The monoisotopic (exact) mass is 353 g/mol. The number of aromatic hydroxyl groups is 1. The van der Waals surface area contributed by atoms with E-state index in [0.29, 0.717) is 5.56 Å². The zero-order chi connectivity index (χ0) is 16.3. The van der Waals surface area contributed by atoms with Crippen LogP contribution in [0.4, 0.5) is 0 Å². The van der Waals surface area contributed by atoms with Crippen LogP contribution in [-0.2, 0) is 9.84 Å². The van der Waals surface area contributed by atoms with Gasteiger partial charge >= 0.3 is 0 Å². The fourth-order valence-electron chi connectivity index (χ4n) is 1.74. The van der Waals surface area contributed by atoms with Crippen molar-refractivity contribution in [2.45, 2.75) is 4.90 Å². The first-order valence-corrected chi connectivity index (χ1v) is 8.19. The number of hydrogen-bond acceptors (Lipinski definition) is 4. The van der Waals surface area contributed by atoms with Gasteiger partial charge < -0.3 is 5.11 Å². The topological polar surface area (TPSA) is 78.2 Å². The molecule has 0 aromatic heterocycles. The number of phenols is 1. The quantitative estimate of drug-likeness (QED) is 0.844. The summed E-state index contributed by atoms with van der Waals surface area (Å²) in [6, 6.07) is 11.5. The lowest BCUT2D eigenvalue weighted by molar-refractivity contribution is 0.475. The van der Waals surface area contributed by atoms with E-state index in [0.717, 1.165) is 6.08 Å². The van der Waals surface area contributed by atoms with Gasteiger partial charge in [0.2, 0.25) is 9.84 Å². The second-order valence-electron chi connectivity index (χ2n) is 4.29. The molecule has 22 heavy (non-hydrogen) atoms. The molecule has 0 amide bonds. The molecule has 0 saturated carbocycles. The lowest BCUT2D eigenvalue weighted by atomic mass is 10.2. The number of hydrogen-bond donors (Lipinski definition) is 1. The molecule has 0 aliphatic carbocycles. The van der Waals surface area contributed by atoms with Crippen LogP contribution in [0.5, 0.6) is 5.75 Å². The number of rotatable bonds is 3. The summed E-state index contributed by atoms with van der Waals surface area (Å²) < 4.78 is 25.1. The molecular formula is C15H9Cl2NO3S. The van der Waals surface area contributed by atoms with E-state index < -0.39 is 14.7 Å². The molecule has 0 saturated heterocycles. The van der Waals surface area contributed by atoms with E-state index in [2.05, 4.69) is 0 Å². The third-order valence-electron chi connectivity index (χ3n) is 2.75. The summed E-state index contributed by atoms with van der Waals surface area (Å²) in [6.07, 6.45) is 1.16. The van der Waals surface area contributed by atoms with Crippen molar-refractivity contribution >= 4 is 39.1 Å². The molecule has 2 rings (SSSR count). The SMILES string of the molecule is N#CC(=Cc1cccc(O)c1)S(=O)(=O)c1cc(Cl)ccc1Cl. The molecule has 0 heterocycles. The number of benzene rings is 2. The van der Waals surface area contributed by atoms with Crippen molar-refractivity contribution in [3.8, 4) is 11.8 Å². The minimum absolute atomic E-state index is 0.0264. The van der Waals surface area contributed by atoms with Crippen LogP contribution in [0.1, 0.15) is 5.56 Å². The highest BCUT2D eigenvalue weighted by atomic mass is 35.5. The summed E-state index contributed by atoms with van der Waals surface area (Å²) in [6.45, 7) is 0. The molecule has 0 radical (unpaired) electrons. The van der Waals surface area contributed by atoms with Crippen molar-refractivity contribution in [2.24, 2.45) is 0 Å². The molecule has 112 valence electrons. The summed E-state index contributed by atoms with van der Waals surface area (Å²) in [5, 5.41) is 18.7. The molecule has 0 bridgehead atoms. The van der Waals surface area contributed by atoms with Gasteiger partial charge in [0.1, 0.15) is 16.7 Å². The largest absolute Gasteiger partial charge is 0.508 e. The second-order valence-corrected chi connectivity index (χ2v) is 7.02. The van der Waals surface area contributed by atoms with E-state index in [9.17, 15) is 18.8 Å². The van der Waals surface area contributed by atoms with Crippen LogP contribution in [0.3, 0.4) is 0 Å². The number of nitrogens with zero attached hydrogens (tertiary/aromatic N) is 1. The van der Waals surface area contributed by atoms with Crippen LogP contribution >= 0.6 is 23.2 Å². The summed E-state index contributed by atoms with van der Waals surface area (Å²) in [7, 11) is -4.11. The van der Waals surface area contributed by atoms with Crippen molar-refractivity contribution in [3.05, 3.63) is 63.0 Å². The predicted octanol–water partition coefficient (Wildman–Crippen LogP) is 4.04. The lowest BCUT2D eigenvalue weighted by Gasteiger charge is -2.06. The molecule has 0 aliphatic rings. The summed E-state index contributed by atoms with van der Waals surface area (Å²) >= 11 is 11.7. The van der Waals surface area contributed by atoms with Crippen molar-refractivity contribution in [3.63, 3.8) is 0 Å². The standard InChI is InChI=1S/C15H9Cl2NO3S/c16-11-4-5-14(17)15(8-11)22(20,21)13(9-18)7-10-2-1-3-12(19)6-10/h1-8,19H. The molecule has 7 heteroatoms. The highest BCUT2D eigenvalue weighted by Gasteiger charge is 2.24. The molecule has 1 N–H and O–H groups in total. The Morgan fingerprint density at radius 2 is 1.91 bits per heavy atom. The lowest BCUT2D eigenvalue weighted by Crippen LogP contribution is -2.04. The Labute approximate surface area is 137 Å². The molecule has 0 unspecified atom stereocenters. The van der Waals surface area contributed by atoms with Gasteiger partial charge in [-0.3, -0.25) is 0 Å². The molecule has 0 aliphatic heterocycles. The molecule has 2 aromatic carbocycles. The van der Waals surface area contributed by atoms with E-state index >= 15 is 0 Å². The maximum atomic E-state index is 12.5. The van der Waals surface area contributed by atoms with Gasteiger partial charge in [-0.1, -0.05) is 35.3 Å². The van der Waals surface area contributed by atoms with Crippen molar-refractivity contribution in [1.82, 2.24) is 0 Å². The average molecular weight is 354 g/mol. The molecule has 0 spiro atoms. The first kappa shape index (κ1) is 16.4. The average Bonchev–Trinajstić information content (AvgIpc) is 2.47. The van der Waals surface area contributed by atoms with Gasteiger partial charge in [0.25, 0.3) is 0 Å². The maximum Gasteiger partial charge on any atom is 0.218 e. The zero-order valence-corrected chi connectivity index (χ0v) is 13.3. The Bertz CT molecular complexity index is 899. The fourth-order valence-corrected chi connectivity index (χ4v) is 3.65. The molecule has 0 fully saturated rings. The van der Waals surface area contributed by atoms with Gasteiger partial charge in [-0.25, -0.2) is 8.42 Å². The number of phenolic OH excluding ortho intramolecular Hbond substituents is 1. The predicted molar refractivity (Wildman–Crippen MR) is 85.3 cm³/mol. The number of sulfone groups is 1. The number of nitriles is 1. The van der Waals surface area contributed by atoms with Gasteiger partial charge in [0.15, 0.2) is 0 Å². The minimum Gasteiger partial charge on any atom is -0.508 e. The molecular weight excluding hydrogens is 345 g/mol. The third kappa shape index (κ3) is 3.42. The van der Waals surface area contributed by atoms with E-state index in [1.165, 1.54) is 36.4 Å². The van der Waals surface area contributed by atoms with Crippen LogP contribution in [0.15, 0.2) is 52.3 Å². The summed E-state index contributed by atoms with van der Waals surface area (Å²) in [4.78, 5) is -0.739. The Hall–Kier alpha value is -2.00. The van der Waals surface area contributed by atoms with Crippen molar-refractivity contribution in [1.29, 1.82) is 5.26 Å². The number of halogens is 2. The van der Waals surface area contributed by atoms with E-state index in [4.69, 9.17) is 23.2 Å². The zero-order valence-electron chi connectivity index (χ0n) is 11.0. The van der Waals surface area contributed by atoms with Gasteiger partial charge in [-0.15, -0.1) is 0 Å². The molecule has 4 nitrogen and oxygen atoms in total. The van der Waals surface area contributed by atoms with Crippen molar-refractivity contribution < 1.29 is 13.5 Å². The van der Waals surface area contributed by atoms with E-state index in [1.807, 2.05) is 0 Å². The van der Waals surface area contributed by atoms with Crippen LogP contribution < -0.4 is 0 Å². The highest BCUT2D eigenvalue weighted by Crippen LogP contribution is 2.30.